The van der Waals surface area contributed by atoms with Gasteiger partial charge in [0.05, 0.1) is 0 Å². The molecule has 7 heteroatoms. The molecule has 0 aliphatic heterocycles. The first-order chi connectivity index (χ1) is 3.25. The molecular formula is CH3F3NO2S+. The molecule has 0 aromatic rings. The predicted molar refractivity (Wildman–Crippen MR) is 17.9 cm³/mol. The third-order valence-corrected chi connectivity index (χ3v) is 1.06. The minimum absolute atomic E-state index is 1.89. The maximum absolute atomic E-state index is 10.9. The number of rotatable bonds is 0. The van der Waals surface area contributed by atoms with Crippen molar-refractivity contribution in [2.75, 3.05) is 0 Å². The summed E-state index contributed by atoms with van der Waals surface area (Å²) in [5.41, 5.74) is -5.20. The molecule has 0 radical (unpaired) electrons. The van der Waals surface area contributed by atoms with Crippen molar-refractivity contribution >= 4 is 10.0 Å². The fourth-order valence-corrected chi connectivity index (χ4v) is 0. The fourth-order valence-electron chi connectivity index (χ4n) is 0. The Labute approximate surface area is 43.3 Å². The van der Waals surface area contributed by atoms with Crippen LogP contribution in [-0.4, -0.2) is 13.9 Å². The van der Waals surface area contributed by atoms with Crippen molar-refractivity contribution in [3.63, 3.8) is 0 Å². The van der Waals surface area contributed by atoms with Crippen LogP contribution in [0.4, 0.5) is 13.2 Å². The molecule has 0 aromatic heterocycles. The van der Waals surface area contributed by atoms with E-state index in [0.717, 1.165) is 0 Å². The second kappa shape index (κ2) is 1.59. The minimum atomic E-state index is -5.20. The lowest BCUT2D eigenvalue weighted by Crippen LogP contribution is -2.62. The van der Waals surface area contributed by atoms with Crippen molar-refractivity contribution in [1.29, 1.82) is 0 Å². The lowest BCUT2D eigenvalue weighted by atomic mass is 11.6. The third-order valence-electron chi connectivity index (χ3n) is 0.353. The second-order valence-electron chi connectivity index (χ2n) is 1.06. The lowest BCUT2D eigenvalue weighted by molar-refractivity contribution is -0.201. The summed E-state index contributed by atoms with van der Waals surface area (Å²) in [6, 6.07) is 0. The molecule has 0 saturated heterocycles. The van der Waals surface area contributed by atoms with Gasteiger partial charge in [0.2, 0.25) is 0 Å². The fraction of sp³-hybridized carbons (Fsp3) is 1.00. The van der Waals surface area contributed by atoms with E-state index >= 15 is 0 Å². The van der Waals surface area contributed by atoms with Crippen LogP contribution in [0.5, 0.6) is 0 Å². The van der Waals surface area contributed by atoms with E-state index in [4.69, 9.17) is 0 Å². The molecule has 0 aromatic carbocycles. The van der Waals surface area contributed by atoms with Gasteiger partial charge in [0, 0.05) is 0 Å². The lowest BCUT2D eigenvalue weighted by Gasteiger charge is -1.95. The Hall–Kier alpha value is -0.300. The predicted octanol–water partition coefficient (Wildman–Crippen LogP) is -0.922. The molecule has 0 amide bonds. The molecule has 0 fully saturated rings. The van der Waals surface area contributed by atoms with Crippen LogP contribution in [0.15, 0.2) is 0 Å². The summed E-state index contributed by atoms with van der Waals surface area (Å²) >= 11 is 0. The zero-order valence-corrected chi connectivity index (χ0v) is 4.38. The highest BCUT2D eigenvalue weighted by Crippen LogP contribution is 2.17. The summed E-state index contributed by atoms with van der Waals surface area (Å²) in [5, 5.41) is 1.89. The first-order valence-corrected chi connectivity index (χ1v) is 3.05. The van der Waals surface area contributed by atoms with Gasteiger partial charge in [-0.25, -0.2) is 5.14 Å². The van der Waals surface area contributed by atoms with E-state index in [2.05, 4.69) is 0 Å². The van der Waals surface area contributed by atoms with Crippen LogP contribution >= 0.6 is 0 Å². The van der Waals surface area contributed by atoms with Gasteiger partial charge >= 0.3 is 15.5 Å². The highest BCUT2D eigenvalue weighted by atomic mass is 32.2. The quantitative estimate of drug-likeness (QED) is 0.485. The molecule has 0 unspecified atom stereocenters. The van der Waals surface area contributed by atoms with Gasteiger partial charge < -0.3 is 0 Å². The van der Waals surface area contributed by atoms with Crippen LogP contribution in [0.2, 0.25) is 0 Å². The summed E-state index contributed by atoms with van der Waals surface area (Å²) in [4.78, 5) is 0. The van der Waals surface area contributed by atoms with E-state index in [1.54, 1.807) is 0 Å². The van der Waals surface area contributed by atoms with Crippen molar-refractivity contribution in [2.24, 2.45) is 0 Å². The number of alkyl halides is 3. The van der Waals surface area contributed by atoms with Gasteiger partial charge in [-0.2, -0.15) is 21.6 Å². The SMILES string of the molecule is [NH3+]S(=O)(=O)C(F)(F)F. The molecular weight excluding hydrogens is 147 g/mol. The maximum Gasteiger partial charge on any atom is 0.549 e. The van der Waals surface area contributed by atoms with Gasteiger partial charge in [0.1, 0.15) is 0 Å². The molecule has 0 bridgehead atoms. The Morgan fingerprint density at radius 3 is 1.38 bits per heavy atom. The maximum atomic E-state index is 10.9. The Morgan fingerprint density at radius 1 is 1.25 bits per heavy atom. The van der Waals surface area contributed by atoms with Crippen LogP contribution in [-0.2, 0) is 10.0 Å². The Kier molecular flexibility index (Phi) is 1.53. The van der Waals surface area contributed by atoms with Crippen LogP contribution in [0.1, 0.15) is 0 Å². The highest BCUT2D eigenvalue weighted by molar-refractivity contribution is 7.85. The molecule has 50 valence electrons. The Bertz CT molecular complexity index is 166. The summed E-state index contributed by atoms with van der Waals surface area (Å²) in [6.45, 7) is 0. The molecule has 0 rings (SSSR count). The summed E-state index contributed by atoms with van der Waals surface area (Å²) in [6.07, 6.45) is 0. The zero-order valence-electron chi connectivity index (χ0n) is 3.57. The molecule has 3 N–H and O–H groups in total. The summed E-state index contributed by atoms with van der Waals surface area (Å²) < 4.78 is 51.6. The van der Waals surface area contributed by atoms with Gasteiger partial charge in [-0.15, -0.1) is 0 Å². The van der Waals surface area contributed by atoms with Crippen molar-refractivity contribution in [3.8, 4) is 0 Å². The molecule has 3 nitrogen and oxygen atoms in total. The molecule has 0 saturated carbocycles. The number of sulfonamides is 1. The topological polar surface area (TPSA) is 61.8 Å². The standard InChI is InChI=1S/CH2F3NO2S/c2-1(3,4)8(5,6)7/h(H2,5,6,7)/p+1. The van der Waals surface area contributed by atoms with Gasteiger partial charge in [0.15, 0.2) is 0 Å². The molecule has 0 heterocycles. The number of quaternary nitrogens is 1. The van der Waals surface area contributed by atoms with Gasteiger partial charge in [-0.1, -0.05) is 0 Å². The van der Waals surface area contributed by atoms with E-state index in [1.807, 2.05) is 5.14 Å². The third kappa shape index (κ3) is 1.66. The molecule has 0 aliphatic rings. The first-order valence-electron chi connectivity index (χ1n) is 1.39. The van der Waals surface area contributed by atoms with E-state index in [1.165, 1.54) is 0 Å². The van der Waals surface area contributed by atoms with Crippen LogP contribution in [0.3, 0.4) is 0 Å². The average molecular weight is 150 g/mol. The van der Waals surface area contributed by atoms with Crippen molar-refractivity contribution in [3.05, 3.63) is 0 Å². The van der Waals surface area contributed by atoms with Crippen LogP contribution < -0.4 is 5.14 Å². The smallest absolute Gasteiger partial charge is 0.244 e. The van der Waals surface area contributed by atoms with Crippen molar-refractivity contribution in [2.45, 2.75) is 5.51 Å². The average Bonchev–Trinajstić information content (AvgIpc) is 1.25. The molecule has 0 atom stereocenters. The van der Waals surface area contributed by atoms with E-state index in [-0.39, 0.29) is 0 Å². The summed E-state index contributed by atoms with van der Waals surface area (Å²) in [7, 11) is -5.09. The van der Waals surface area contributed by atoms with Gasteiger partial charge in [-0.05, 0) is 0 Å². The van der Waals surface area contributed by atoms with Crippen LogP contribution in [0, 0.1) is 0 Å². The largest absolute Gasteiger partial charge is 0.549 e. The Morgan fingerprint density at radius 2 is 1.38 bits per heavy atom. The molecule has 8 heavy (non-hydrogen) atoms. The first kappa shape index (κ1) is 7.70. The number of halogens is 3. The van der Waals surface area contributed by atoms with Crippen molar-refractivity contribution in [1.82, 2.24) is 0 Å². The van der Waals surface area contributed by atoms with Crippen molar-refractivity contribution < 1.29 is 26.7 Å². The Balaban J connectivity index is 4.53. The number of hydrogen-bond donors (Lipinski definition) is 1. The normalized spacial score (nSPS) is 14.0. The monoisotopic (exact) mass is 150 g/mol. The zero-order chi connectivity index (χ0) is 7.00. The van der Waals surface area contributed by atoms with E-state index < -0.39 is 15.5 Å². The van der Waals surface area contributed by atoms with Crippen LogP contribution in [0.25, 0.3) is 0 Å². The second-order valence-corrected chi connectivity index (χ2v) is 2.75. The number of hydrogen-bond acceptors (Lipinski definition) is 2. The molecule has 0 aliphatic carbocycles. The minimum Gasteiger partial charge on any atom is -0.244 e. The highest BCUT2D eigenvalue weighted by Gasteiger charge is 2.46. The summed E-state index contributed by atoms with van der Waals surface area (Å²) in [5.74, 6) is 0. The molecule has 0 spiro atoms. The van der Waals surface area contributed by atoms with E-state index in [9.17, 15) is 21.6 Å². The van der Waals surface area contributed by atoms with Gasteiger partial charge in [0.25, 0.3) is 0 Å². The van der Waals surface area contributed by atoms with E-state index in [0.29, 0.717) is 0 Å². The van der Waals surface area contributed by atoms with Gasteiger partial charge in [-0.3, -0.25) is 0 Å².